The molecule has 1 atom stereocenters. The van der Waals surface area contributed by atoms with Crippen molar-refractivity contribution in [2.75, 3.05) is 6.61 Å². The summed E-state index contributed by atoms with van der Waals surface area (Å²) in [6.45, 7) is 2.61. The third-order valence-electron chi connectivity index (χ3n) is 4.71. The van der Waals surface area contributed by atoms with Crippen molar-refractivity contribution in [3.8, 4) is 5.75 Å². The van der Waals surface area contributed by atoms with Crippen molar-refractivity contribution in [1.29, 1.82) is 0 Å². The van der Waals surface area contributed by atoms with E-state index in [1.165, 1.54) is 0 Å². The third kappa shape index (κ3) is 5.37. The monoisotopic (exact) mass is 486 g/mol. The fourth-order valence-corrected chi connectivity index (χ4v) is 5.12. The predicted octanol–water partition coefficient (Wildman–Crippen LogP) is 6.03. The van der Waals surface area contributed by atoms with Crippen LogP contribution < -0.4 is 4.74 Å². The maximum atomic E-state index is 13.4. The van der Waals surface area contributed by atoms with Crippen molar-refractivity contribution in [3.05, 3.63) is 94.5 Å². The molecule has 0 aromatic heterocycles. The SMILES string of the molecule is CCCOc1ccc(C(CC(=O)c2ccc(Br)cc2)S(=O)(=O)c2ccccc2)cc1. The van der Waals surface area contributed by atoms with Crippen LogP contribution in [-0.4, -0.2) is 20.8 Å². The van der Waals surface area contributed by atoms with Gasteiger partial charge in [-0.15, -0.1) is 0 Å². The molecule has 0 radical (unpaired) electrons. The molecule has 3 rings (SSSR count). The van der Waals surface area contributed by atoms with Crippen LogP contribution in [-0.2, 0) is 9.84 Å². The Kier molecular flexibility index (Phi) is 7.45. The Balaban J connectivity index is 1.96. The highest BCUT2D eigenvalue weighted by Gasteiger charge is 2.31. The van der Waals surface area contributed by atoms with Crippen LogP contribution in [0.1, 0.15) is 40.9 Å². The van der Waals surface area contributed by atoms with Crippen LogP contribution >= 0.6 is 15.9 Å². The molecule has 156 valence electrons. The van der Waals surface area contributed by atoms with Crippen LogP contribution in [0.2, 0.25) is 0 Å². The summed E-state index contributed by atoms with van der Waals surface area (Å²) in [7, 11) is -3.77. The first-order valence-electron chi connectivity index (χ1n) is 9.72. The molecule has 0 bridgehead atoms. The van der Waals surface area contributed by atoms with Crippen LogP contribution in [0.5, 0.6) is 5.75 Å². The molecule has 0 aliphatic rings. The fourth-order valence-electron chi connectivity index (χ4n) is 3.10. The largest absolute Gasteiger partial charge is 0.494 e. The lowest BCUT2D eigenvalue weighted by molar-refractivity contribution is 0.0980. The standard InChI is InChI=1S/C24H23BrO4S/c1-2-16-29-21-14-10-19(11-15-21)24(30(27,28)22-6-4-3-5-7-22)17-23(26)18-8-12-20(25)13-9-18/h3-15,24H,2,16-17H2,1H3. The number of rotatable bonds is 9. The van der Waals surface area contributed by atoms with E-state index in [4.69, 9.17) is 4.74 Å². The Bertz CT molecular complexity index is 1080. The summed E-state index contributed by atoms with van der Waals surface area (Å²) in [5.74, 6) is 0.453. The third-order valence-corrected chi connectivity index (χ3v) is 7.35. The number of halogens is 1. The van der Waals surface area contributed by atoms with Gasteiger partial charge in [-0.1, -0.05) is 65.3 Å². The Hall–Kier alpha value is -2.44. The Morgan fingerprint density at radius 2 is 1.57 bits per heavy atom. The molecular formula is C24H23BrO4S. The van der Waals surface area contributed by atoms with E-state index in [-0.39, 0.29) is 17.1 Å². The lowest BCUT2D eigenvalue weighted by Gasteiger charge is -2.18. The first kappa shape index (κ1) is 22.2. The lowest BCUT2D eigenvalue weighted by Crippen LogP contribution is -2.18. The van der Waals surface area contributed by atoms with E-state index in [1.54, 1.807) is 78.9 Å². The van der Waals surface area contributed by atoms with E-state index in [1.807, 2.05) is 6.92 Å². The van der Waals surface area contributed by atoms with Crippen molar-refractivity contribution < 1.29 is 17.9 Å². The number of ether oxygens (including phenoxy) is 1. The van der Waals surface area contributed by atoms with Crippen LogP contribution in [0.15, 0.2) is 88.2 Å². The second kappa shape index (κ2) is 10.0. The van der Waals surface area contributed by atoms with Gasteiger partial charge in [0, 0.05) is 16.5 Å². The van der Waals surface area contributed by atoms with Gasteiger partial charge in [0.1, 0.15) is 5.75 Å². The minimum absolute atomic E-state index is 0.145. The Labute approximate surface area is 186 Å². The molecule has 6 heteroatoms. The lowest BCUT2D eigenvalue weighted by atomic mass is 10.0. The first-order valence-corrected chi connectivity index (χ1v) is 12.1. The smallest absolute Gasteiger partial charge is 0.185 e. The first-order chi connectivity index (χ1) is 14.4. The molecule has 30 heavy (non-hydrogen) atoms. The molecule has 0 fully saturated rings. The van der Waals surface area contributed by atoms with Crippen LogP contribution in [0.3, 0.4) is 0 Å². The normalized spacial score (nSPS) is 12.3. The van der Waals surface area contributed by atoms with Crippen molar-refractivity contribution >= 4 is 31.6 Å². The number of hydrogen-bond donors (Lipinski definition) is 0. The van der Waals surface area contributed by atoms with Crippen molar-refractivity contribution in [2.45, 2.75) is 29.9 Å². The summed E-state index contributed by atoms with van der Waals surface area (Å²) < 4.78 is 33.3. The highest BCUT2D eigenvalue weighted by atomic mass is 79.9. The molecule has 0 saturated carbocycles. The molecule has 0 saturated heterocycles. The van der Waals surface area contributed by atoms with Gasteiger partial charge in [0.15, 0.2) is 15.6 Å². The average Bonchev–Trinajstić information content (AvgIpc) is 2.77. The number of carbonyl (C=O) groups is 1. The summed E-state index contributed by atoms with van der Waals surface area (Å²) >= 11 is 3.35. The molecule has 0 heterocycles. The molecule has 3 aromatic carbocycles. The van der Waals surface area contributed by atoms with Gasteiger partial charge in [-0.25, -0.2) is 8.42 Å². The molecule has 4 nitrogen and oxygen atoms in total. The van der Waals surface area contributed by atoms with Crippen molar-refractivity contribution in [1.82, 2.24) is 0 Å². The second-order valence-electron chi connectivity index (χ2n) is 6.90. The number of ketones is 1. The van der Waals surface area contributed by atoms with Crippen molar-refractivity contribution in [2.24, 2.45) is 0 Å². The Morgan fingerprint density at radius 1 is 0.933 bits per heavy atom. The van der Waals surface area contributed by atoms with Gasteiger partial charge in [-0.2, -0.15) is 0 Å². The number of Topliss-reactive ketones (excluding diaryl/α,β-unsaturated/α-hetero) is 1. The van der Waals surface area contributed by atoms with Gasteiger partial charge < -0.3 is 4.74 Å². The van der Waals surface area contributed by atoms with E-state index in [0.717, 1.165) is 10.9 Å². The minimum atomic E-state index is -3.77. The van der Waals surface area contributed by atoms with E-state index >= 15 is 0 Å². The maximum Gasteiger partial charge on any atom is 0.185 e. The van der Waals surface area contributed by atoms with Crippen LogP contribution in [0, 0.1) is 0 Å². The topological polar surface area (TPSA) is 60.4 Å². The second-order valence-corrected chi connectivity index (χ2v) is 9.94. The predicted molar refractivity (Wildman–Crippen MR) is 122 cm³/mol. The van der Waals surface area contributed by atoms with Gasteiger partial charge in [0.05, 0.1) is 16.8 Å². The number of sulfone groups is 1. The molecule has 0 aliphatic heterocycles. The molecule has 0 aliphatic carbocycles. The van der Waals surface area contributed by atoms with Gasteiger partial charge in [0.25, 0.3) is 0 Å². The zero-order valence-electron chi connectivity index (χ0n) is 16.6. The molecule has 0 spiro atoms. The van der Waals surface area contributed by atoms with Gasteiger partial charge in [0.2, 0.25) is 0 Å². The van der Waals surface area contributed by atoms with Crippen LogP contribution in [0.4, 0.5) is 0 Å². The van der Waals surface area contributed by atoms with Crippen molar-refractivity contribution in [3.63, 3.8) is 0 Å². The fraction of sp³-hybridized carbons (Fsp3) is 0.208. The number of hydrogen-bond acceptors (Lipinski definition) is 4. The summed E-state index contributed by atoms with van der Waals surface area (Å²) in [5.41, 5.74) is 1.04. The highest BCUT2D eigenvalue weighted by molar-refractivity contribution is 9.10. The Morgan fingerprint density at radius 3 is 2.17 bits per heavy atom. The van der Waals surface area contributed by atoms with Crippen LogP contribution in [0.25, 0.3) is 0 Å². The highest BCUT2D eigenvalue weighted by Crippen LogP contribution is 2.34. The zero-order valence-corrected chi connectivity index (χ0v) is 19.0. The van der Waals surface area contributed by atoms with E-state index in [9.17, 15) is 13.2 Å². The number of carbonyl (C=O) groups excluding carboxylic acids is 1. The molecule has 0 amide bonds. The minimum Gasteiger partial charge on any atom is -0.494 e. The van der Waals surface area contributed by atoms with E-state index in [2.05, 4.69) is 15.9 Å². The summed E-state index contributed by atoms with van der Waals surface area (Å²) in [4.78, 5) is 13.1. The number of benzene rings is 3. The summed E-state index contributed by atoms with van der Waals surface area (Å²) in [5, 5.41) is -0.990. The molecule has 1 unspecified atom stereocenters. The maximum absolute atomic E-state index is 13.4. The van der Waals surface area contributed by atoms with E-state index < -0.39 is 15.1 Å². The summed E-state index contributed by atoms with van der Waals surface area (Å²) in [6.07, 6.45) is 0.739. The van der Waals surface area contributed by atoms with Gasteiger partial charge >= 0.3 is 0 Å². The quantitative estimate of drug-likeness (QED) is 0.346. The molecular weight excluding hydrogens is 464 g/mol. The van der Waals surface area contributed by atoms with Gasteiger partial charge in [-0.05, 0) is 48.4 Å². The summed E-state index contributed by atoms with van der Waals surface area (Å²) in [6, 6.07) is 22.1. The molecule has 0 N–H and O–H groups in total. The van der Waals surface area contributed by atoms with E-state index in [0.29, 0.717) is 23.5 Å². The zero-order chi connectivity index (χ0) is 21.6. The average molecular weight is 487 g/mol. The molecule has 3 aromatic rings. The van der Waals surface area contributed by atoms with Gasteiger partial charge in [-0.3, -0.25) is 4.79 Å².